The minimum Gasteiger partial charge on any atom is -0.302 e. The minimum absolute atomic E-state index is 0.0222. The molecular weight excluding hydrogens is 394 g/mol. The highest BCUT2D eigenvalue weighted by molar-refractivity contribution is 7.99. The molecule has 7 heteroatoms. The third kappa shape index (κ3) is 4.26. The van der Waals surface area contributed by atoms with Crippen LogP contribution in [0.25, 0.3) is 11.4 Å². The second-order valence-corrected chi connectivity index (χ2v) is 7.42. The van der Waals surface area contributed by atoms with Gasteiger partial charge in [0.25, 0.3) is 0 Å². The molecule has 0 fully saturated rings. The van der Waals surface area contributed by atoms with Gasteiger partial charge in [0, 0.05) is 35.9 Å². The third-order valence-corrected chi connectivity index (χ3v) is 5.51. The van der Waals surface area contributed by atoms with E-state index in [1.54, 1.807) is 17.3 Å². The number of hydrogen-bond acceptors (Lipinski definition) is 5. The van der Waals surface area contributed by atoms with E-state index in [1.165, 1.54) is 11.8 Å². The van der Waals surface area contributed by atoms with Crippen molar-refractivity contribution in [1.29, 1.82) is 0 Å². The Hall–Kier alpha value is -3.45. The van der Waals surface area contributed by atoms with Crippen molar-refractivity contribution < 1.29 is 4.79 Å². The highest BCUT2D eigenvalue weighted by Crippen LogP contribution is 2.28. The second kappa shape index (κ2) is 9.37. The van der Waals surface area contributed by atoms with Gasteiger partial charge >= 0.3 is 0 Å². The number of rotatable bonds is 7. The monoisotopic (exact) mass is 415 g/mol. The van der Waals surface area contributed by atoms with Crippen molar-refractivity contribution in [2.45, 2.75) is 18.6 Å². The Balaban J connectivity index is 1.57. The van der Waals surface area contributed by atoms with Gasteiger partial charge in [0.05, 0.1) is 5.75 Å². The second-order valence-electron chi connectivity index (χ2n) is 6.48. The highest BCUT2D eigenvalue weighted by atomic mass is 32.2. The lowest BCUT2D eigenvalue weighted by atomic mass is 10.2. The Kier molecular flexibility index (Phi) is 6.20. The van der Waals surface area contributed by atoms with E-state index in [0.29, 0.717) is 11.7 Å². The van der Waals surface area contributed by atoms with Crippen molar-refractivity contribution in [2.24, 2.45) is 0 Å². The summed E-state index contributed by atoms with van der Waals surface area (Å²) in [6.07, 6.45) is 3.49. The zero-order chi connectivity index (χ0) is 20.8. The van der Waals surface area contributed by atoms with Crippen LogP contribution >= 0.6 is 11.8 Å². The van der Waals surface area contributed by atoms with Crippen LogP contribution in [0.15, 0.2) is 90.3 Å². The zero-order valence-corrected chi connectivity index (χ0v) is 17.4. The molecule has 2 heterocycles. The molecule has 0 aliphatic heterocycles. The summed E-state index contributed by atoms with van der Waals surface area (Å²) in [6, 6.07) is 23.2. The molecule has 0 bridgehead atoms. The van der Waals surface area contributed by atoms with Crippen LogP contribution in [0.2, 0.25) is 0 Å². The predicted octanol–water partition coefficient (Wildman–Crippen LogP) is 4.82. The number of amides is 1. The number of pyridine rings is 1. The van der Waals surface area contributed by atoms with Crippen LogP contribution in [0.4, 0.5) is 11.4 Å². The molecule has 2 aromatic carbocycles. The van der Waals surface area contributed by atoms with E-state index in [1.807, 2.05) is 84.3 Å². The predicted molar refractivity (Wildman–Crippen MR) is 120 cm³/mol. The average molecular weight is 416 g/mol. The first-order chi connectivity index (χ1) is 14.8. The molecule has 30 heavy (non-hydrogen) atoms. The first kappa shape index (κ1) is 19.8. The maximum Gasteiger partial charge on any atom is 0.242 e. The summed E-state index contributed by atoms with van der Waals surface area (Å²) in [6.45, 7) is 2.74. The van der Waals surface area contributed by atoms with Gasteiger partial charge in [0.1, 0.15) is 0 Å². The van der Waals surface area contributed by atoms with Crippen molar-refractivity contribution in [3.05, 3.63) is 85.2 Å². The lowest BCUT2D eigenvalue weighted by Gasteiger charge is -2.23. The molecule has 0 aliphatic rings. The van der Waals surface area contributed by atoms with E-state index >= 15 is 0 Å². The molecule has 0 atom stereocenters. The van der Waals surface area contributed by atoms with Gasteiger partial charge in [-0.1, -0.05) is 48.2 Å². The Labute approximate surface area is 179 Å². The van der Waals surface area contributed by atoms with Crippen LogP contribution in [0.3, 0.4) is 0 Å². The first-order valence-electron chi connectivity index (χ1n) is 9.67. The van der Waals surface area contributed by atoms with Crippen molar-refractivity contribution in [3.8, 4) is 11.4 Å². The van der Waals surface area contributed by atoms with Gasteiger partial charge in [-0.25, -0.2) is 0 Å². The van der Waals surface area contributed by atoms with Crippen LogP contribution in [-0.2, 0) is 11.3 Å². The van der Waals surface area contributed by atoms with Crippen molar-refractivity contribution in [1.82, 2.24) is 19.7 Å². The molecule has 0 N–H and O–H groups in total. The number of anilines is 2. The standard InChI is InChI=1S/C23H21N5OS/c1-2-27-22(18-10-9-15-24-16-18)25-26-23(27)30-17-21(29)28(19-11-5-3-6-12-19)20-13-7-4-8-14-20/h3-16H,2,17H2,1H3. The van der Waals surface area contributed by atoms with Crippen LogP contribution in [-0.4, -0.2) is 31.4 Å². The molecule has 2 aromatic heterocycles. The molecule has 0 spiro atoms. The first-order valence-corrected chi connectivity index (χ1v) is 10.7. The molecule has 0 unspecified atom stereocenters. The van der Waals surface area contributed by atoms with Gasteiger partial charge in [-0.15, -0.1) is 10.2 Å². The summed E-state index contributed by atoms with van der Waals surface area (Å²) >= 11 is 1.39. The largest absolute Gasteiger partial charge is 0.302 e. The van der Waals surface area contributed by atoms with E-state index in [0.717, 1.165) is 22.8 Å². The van der Waals surface area contributed by atoms with Crippen molar-refractivity contribution in [3.63, 3.8) is 0 Å². The molecule has 0 saturated heterocycles. The van der Waals surface area contributed by atoms with Gasteiger partial charge in [0.15, 0.2) is 11.0 Å². The molecule has 0 radical (unpaired) electrons. The van der Waals surface area contributed by atoms with E-state index in [4.69, 9.17) is 0 Å². The normalized spacial score (nSPS) is 10.7. The molecule has 6 nitrogen and oxygen atoms in total. The molecule has 4 aromatic rings. The number of hydrogen-bond donors (Lipinski definition) is 0. The summed E-state index contributed by atoms with van der Waals surface area (Å²) in [5.41, 5.74) is 2.57. The maximum atomic E-state index is 13.2. The van der Waals surface area contributed by atoms with Gasteiger partial charge in [-0.3, -0.25) is 14.7 Å². The van der Waals surface area contributed by atoms with Crippen LogP contribution in [0, 0.1) is 0 Å². The third-order valence-electron chi connectivity index (χ3n) is 4.56. The summed E-state index contributed by atoms with van der Waals surface area (Å²) in [5.74, 6) is 0.976. The van der Waals surface area contributed by atoms with Crippen molar-refractivity contribution in [2.75, 3.05) is 10.7 Å². The van der Waals surface area contributed by atoms with Crippen LogP contribution < -0.4 is 4.90 Å². The Morgan fingerprint density at radius 1 is 0.933 bits per heavy atom. The van der Waals surface area contributed by atoms with Gasteiger partial charge in [-0.2, -0.15) is 0 Å². The van der Waals surface area contributed by atoms with Crippen molar-refractivity contribution >= 4 is 29.0 Å². The molecule has 4 rings (SSSR count). The van der Waals surface area contributed by atoms with E-state index in [2.05, 4.69) is 15.2 Å². The Bertz CT molecular complexity index is 1060. The van der Waals surface area contributed by atoms with Gasteiger partial charge in [0.2, 0.25) is 5.91 Å². The van der Waals surface area contributed by atoms with Crippen LogP contribution in [0.1, 0.15) is 6.92 Å². The maximum absolute atomic E-state index is 13.2. The summed E-state index contributed by atoms with van der Waals surface area (Å²) in [5, 5.41) is 9.35. The number of carbonyl (C=O) groups excluding carboxylic acids is 1. The summed E-state index contributed by atoms with van der Waals surface area (Å²) in [4.78, 5) is 19.1. The Morgan fingerprint density at radius 3 is 2.17 bits per heavy atom. The molecule has 1 amide bonds. The fourth-order valence-corrected chi connectivity index (χ4v) is 4.02. The highest BCUT2D eigenvalue weighted by Gasteiger charge is 2.20. The number of aromatic nitrogens is 4. The molecule has 0 saturated carbocycles. The molecule has 0 aliphatic carbocycles. The van der Waals surface area contributed by atoms with Gasteiger partial charge < -0.3 is 4.57 Å². The van der Waals surface area contributed by atoms with Gasteiger partial charge in [-0.05, 0) is 43.3 Å². The average Bonchev–Trinajstić information content (AvgIpc) is 3.23. The number of nitrogens with zero attached hydrogens (tertiary/aromatic N) is 5. The number of thioether (sulfide) groups is 1. The summed E-state index contributed by atoms with van der Waals surface area (Å²) < 4.78 is 2.00. The fourth-order valence-electron chi connectivity index (χ4n) is 3.17. The topological polar surface area (TPSA) is 63.9 Å². The number of benzene rings is 2. The minimum atomic E-state index is -0.0222. The lowest BCUT2D eigenvalue weighted by Crippen LogP contribution is -2.27. The SMILES string of the molecule is CCn1c(SCC(=O)N(c2ccccc2)c2ccccc2)nnc1-c1cccnc1. The van der Waals surface area contributed by atoms with E-state index in [9.17, 15) is 4.79 Å². The molecular formula is C23H21N5OS. The number of carbonyl (C=O) groups is 1. The van der Waals surface area contributed by atoms with E-state index in [-0.39, 0.29) is 11.7 Å². The number of para-hydroxylation sites is 2. The quantitative estimate of drug-likeness (QED) is 0.405. The lowest BCUT2D eigenvalue weighted by molar-refractivity contribution is -0.115. The zero-order valence-electron chi connectivity index (χ0n) is 16.5. The Morgan fingerprint density at radius 2 is 1.60 bits per heavy atom. The molecule has 150 valence electrons. The summed E-state index contributed by atoms with van der Waals surface area (Å²) in [7, 11) is 0. The van der Waals surface area contributed by atoms with Crippen LogP contribution in [0.5, 0.6) is 0 Å². The van der Waals surface area contributed by atoms with E-state index < -0.39 is 0 Å². The fraction of sp³-hybridized carbons (Fsp3) is 0.130. The smallest absolute Gasteiger partial charge is 0.242 e.